The van der Waals surface area contributed by atoms with Crippen LogP contribution in [0.25, 0.3) is 0 Å². The Labute approximate surface area is 150 Å². The Morgan fingerprint density at radius 1 is 1.04 bits per heavy atom. The molecule has 1 aliphatic heterocycles. The molecular weight excluding hydrogens is 315 g/mol. The summed E-state index contributed by atoms with van der Waals surface area (Å²) >= 11 is 0. The smallest absolute Gasteiger partial charge is 0.123 e. The zero-order chi connectivity index (χ0) is 17.9. The Morgan fingerprint density at radius 2 is 1.76 bits per heavy atom. The lowest BCUT2D eigenvalue weighted by Gasteiger charge is -2.21. The average molecular weight is 344 g/mol. The van der Waals surface area contributed by atoms with Gasteiger partial charge in [0.25, 0.3) is 0 Å². The van der Waals surface area contributed by atoms with Crippen LogP contribution in [0, 0.1) is 5.82 Å². The van der Waals surface area contributed by atoms with Crippen LogP contribution in [0.4, 0.5) is 4.39 Å². The molecule has 0 aliphatic carbocycles. The van der Waals surface area contributed by atoms with Gasteiger partial charge in [-0.05, 0) is 43.3 Å². The topological polar surface area (TPSA) is 35.2 Å². The van der Waals surface area contributed by atoms with Crippen molar-refractivity contribution in [3.05, 3.63) is 53.1 Å². The number of halogens is 1. The molecule has 0 unspecified atom stereocenters. The van der Waals surface area contributed by atoms with Gasteiger partial charge < -0.3 is 0 Å². The highest BCUT2D eigenvalue weighted by atomic mass is 19.1. The van der Waals surface area contributed by atoms with Gasteiger partial charge in [0, 0.05) is 37.3 Å². The minimum absolute atomic E-state index is 0.0787. The summed E-state index contributed by atoms with van der Waals surface area (Å²) in [6, 6.07) is 9.13. The maximum absolute atomic E-state index is 13.4. The lowest BCUT2D eigenvalue weighted by Crippen LogP contribution is -2.30. The van der Waals surface area contributed by atoms with Crippen LogP contribution in [0.1, 0.15) is 44.1 Å². The first-order valence-corrected chi connectivity index (χ1v) is 9.14. The number of benzene rings is 1. The van der Waals surface area contributed by atoms with E-state index in [-0.39, 0.29) is 11.2 Å². The molecule has 1 fully saturated rings. The van der Waals surface area contributed by atoms with Crippen LogP contribution in [0.2, 0.25) is 0 Å². The molecule has 1 N–H and O–H groups in total. The monoisotopic (exact) mass is 344 g/mol. The summed E-state index contributed by atoms with van der Waals surface area (Å²) < 4.78 is 13.4. The SMILES string of the molecule is CC(C)(C)c1cc(CN2CCCN(Cc3cccc(F)c3)CC2)[nH]n1. The third-order valence-electron chi connectivity index (χ3n) is 4.77. The number of aromatic nitrogens is 2. The largest absolute Gasteiger partial charge is 0.298 e. The van der Waals surface area contributed by atoms with Crippen LogP contribution in [0.5, 0.6) is 0 Å². The van der Waals surface area contributed by atoms with Crippen molar-refractivity contribution < 1.29 is 4.39 Å². The van der Waals surface area contributed by atoms with E-state index in [1.54, 1.807) is 12.1 Å². The fourth-order valence-electron chi connectivity index (χ4n) is 3.30. The summed E-state index contributed by atoms with van der Waals surface area (Å²) in [4.78, 5) is 4.90. The summed E-state index contributed by atoms with van der Waals surface area (Å²) in [7, 11) is 0. The highest BCUT2D eigenvalue weighted by molar-refractivity contribution is 5.17. The molecule has 1 aromatic heterocycles. The van der Waals surface area contributed by atoms with Crippen molar-refractivity contribution in [2.75, 3.05) is 26.2 Å². The molecule has 0 amide bonds. The molecule has 3 rings (SSSR count). The molecule has 4 nitrogen and oxygen atoms in total. The van der Waals surface area contributed by atoms with Gasteiger partial charge >= 0.3 is 0 Å². The third kappa shape index (κ3) is 5.13. The maximum Gasteiger partial charge on any atom is 0.123 e. The van der Waals surface area contributed by atoms with Crippen molar-refractivity contribution >= 4 is 0 Å². The number of hydrogen-bond acceptors (Lipinski definition) is 3. The molecule has 0 atom stereocenters. The van der Waals surface area contributed by atoms with Gasteiger partial charge in [-0.3, -0.25) is 14.9 Å². The van der Waals surface area contributed by atoms with Crippen LogP contribution >= 0.6 is 0 Å². The van der Waals surface area contributed by atoms with E-state index in [1.165, 1.54) is 11.8 Å². The van der Waals surface area contributed by atoms with Gasteiger partial charge in [0.2, 0.25) is 0 Å². The van der Waals surface area contributed by atoms with Gasteiger partial charge in [-0.15, -0.1) is 0 Å². The molecule has 1 saturated heterocycles. The zero-order valence-corrected chi connectivity index (χ0v) is 15.6. The average Bonchev–Trinajstić information content (AvgIpc) is 2.90. The summed E-state index contributed by atoms with van der Waals surface area (Å²) in [5.41, 5.74) is 3.43. The molecule has 2 aromatic rings. The predicted molar refractivity (Wildman–Crippen MR) is 98.9 cm³/mol. The second kappa shape index (κ2) is 7.67. The number of nitrogens with one attached hydrogen (secondary N) is 1. The highest BCUT2D eigenvalue weighted by Crippen LogP contribution is 2.21. The molecule has 1 aliphatic rings. The molecule has 1 aromatic carbocycles. The van der Waals surface area contributed by atoms with Gasteiger partial charge in [-0.1, -0.05) is 32.9 Å². The molecule has 0 spiro atoms. The summed E-state index contributed by atoms with van der Waals surface area (Å²) in [5.74, 6) is -0.150. The number of rotatable bonds is 4. The van der Waals surface area contributed by atoms with Gasteiger partial charge in [0.05, 0.1) is 5.69 Å². The lowest BCUT2D eigenvalue weighted by atomic mass is 9.92. The molecule has 5 heteroatoms. The van der Waals surface area contributed by atoms with E-state index < -0.39 is 0 Å². The van der Waals surface area contributed by atoms with Crippen LogP contribution in [-0.4, -0.2) is 46.2 Å². The van der Waals surface area contributed by atoms with Crippen molar-refractivity contribution in [3.8, 4) is 0 Å². The van der Waals surface area contributed by atoms with E-state index in [2.05, 4.69) is 46.8 Å². The van der Waals surface area contributed by atoms with E-state index in [1.807, 2.05) is 6.07 Å². The van der Waals surface area contributed by atoms with Crippen molar-refractivity contribution in [2.24, 2.45) is 0 Å². The first-order chi connectivity index (χ1) is 11.9. The Hall–Kier alpha value is -1.72. The molecular formula is C20H29FN4. The van der Waals surface area contributed by atoms with E-state index in [4.69, 9.17) is 0 Å². The number of hydrogen-bond donors (Lipinski definition) is 1. The quantitative estimate of drug-likeness (QED) is 0.921. The first-order valence-electron chi connectivity index (χ1n) is 9.14. The molecule has 0 saturated carbocycles. The molecule has 0 bridgehead atoms. The van der Waals surface area contributed by atoms with Crippen LogP contribution in [0.3, 0.4) is 0 Å². The van der Waals surface area contributed by atoms with Crippen LogP contribution < -0.4 is 0 Å². The summed E-state index contributed by atoms with van der Waals surface area (Å²) in [5, 5.41) is 7.65. The Bertz CT molecular complexity index is 689. The maximum atomic E-state index is 13.4. The highest BCUT2D eigenvalue weighted by Gasteiger charge is 2.19. The molecule has 0 radical (unpaired) electrons. The fraction of sp³-hybridized carbons (Fsp3) is 0.550. The van der Waals surface area contributed by atoms with E-state index in [9.17, 15) is 4.39 Å². The van der Waals surface area contributed by atoms with Gasteiger partial charge in [-0.25, -0.2) is 4.39 Å². The zero-order valence-electron chi connectivity index (χ0n) is 15.6. The van der Waals surface area contributed by atoms with Gasteiger partial charge in [-0.2, -0.15) is 5.10 Å². The van der Waals surface area contributed by atoms with Crippen LogP contribution in [0.15, 0.2) is 30.3 Å². The van der Waals surface area contributed by atoms with Gasteiger partial charge in [0.15, 0.2) is 0 Å². The van der Waals surface area contributed by atoms with E-state index >= 15 is 0 Å². The Balaban J connectivity index is 1.54. The minimum atomic E-state index is -0.150. The van der Waals surface area contributed by atoms with Crippen LogP contribution in [-0.2, 0) is 18.5 Å². The van der Waals surface area contributed by atoms with Gasteiger partial charge in [0.1, 0.15) is 5.82 Å². The van der Waals surface area contributed by atoms with Crippen molar-refractivity contribution in [2.45, 2.75) is 45.7 Å². The summed E-state index contributed by atoms with van der Waals surface area (Å²) in [6.07, 6.45) is 1.13. The second-order valence-electron chi connectivity index (χ2n) is 8.06. The molecule has 136 valence electrons. The number of nitrogens with zero attached hydrogens (tertiary/aromatic N) is 3. The van der Waals surface area contributed by atoms with Crippen molar-refractivity contribution in [1.29, 1.82) is 0 Å². The number of aromatic amines is 1. The number of H-pyrrole nitrogens is 1. The standard InChI is InChI=1S/C20H29FN4/c1-20(2,3)19-13-18(22-23-19)15-25-9-5-8-24(10-11-25)14-16-6-4-7-17(21)12-16/h4,6-7,12-13H,5,8-11,14-15H2,1-3H3,(H,22,23). The van der Waals surface area contributed by atoms with E-state index in [0.29, 0.717) is 0 Å². The van der Waals surface area contributed by atoms with Crippen molar-refractivity contribution in [3.63, 3.8) is 0 Å². The summed E-state index contributed by atoms with van der Waals surface area (Å²) in [6.45, 7) is 12.5. The fourth-order valence-corrected chi connectivity index (χ4v) is 3.30. The molecule has 25 heavy (non-hydrogen) atoms. The third-order valence-corrected chi connectivity index (χ3v) is 4.77. The Morgan fingerprint density at radius 3 is 2.40 bits per heavy atom. The molecule has 2 heterocycles. The normalized spacial score (nSPS) is 17.6. The Kier molecular flexibility index (Phi) is 5.54. The van der Waals surface area contributed by atoms with E-state index in [0.717, 1.165) is 56.9 Å². The van der Waals surface area contributed by atoms with Crippen molar-refractivity contribution in [1.82, 2.24) is 20.0 Å². The predicted octanol–water partition coefficient (Wildman–Crippen LogP) is 3.55. The minimum Gasteiger partial charge on any atom is -0.298 e. The second-order valence-corrected chi connectivity index (χ2v) is 8.06. The first kappa shape index (κ1) is 18.1. The lowest BCUT2D eigenvalue weighted by molar-refractivity contribution is 0.245.